The van der Waals surface area contributed by atoms with Crippen LogP contribution in [0, 0.1) is 0 Å². The summed E-state index contributed by atoms with van der Waals surface area (Å²) in [6.07, 6.45) is 0. The molecule has 0 atom stereocenters. The van der Waals surface area contributed by atoms with E-state index in [2.05, 4.69) is 15.9 Å². The first-order valence-corrected chi connectivity index (χ1v) is 8.45. The van der Waals surface area contributed by atoms with Crippen molar-refractivity contribution in [2.24, 2.45) is 0 Å². The van der Waals surface area contributed by atoms with E-state index in [-0.39, 0.29) is 0 Å². The molecular weight excluding hydrogens is 396 g/mol. The first-order chi connectivity index (χ1) is 11.5. The number of ether oxygens (including phenoxy) is 1. The van der Waals surface area contributed by atoms with E-state index < -0.39 is 5.76 Å². The van der Waals surface area contributed by atoms with Crippen LogP contribution < -0.4 is 10.5 Å². The smallest absolute Gasteiger partial charge is 0.421 e. The van der Waals surface area contributed by atoms with E-state index in [1.54, 1.807) is 29.9 Å². The Hall–Kier alpha value is -1.76. The van der Waals surface area contributed by atoms with Gasteiger partial charge in [0, 0.05) is 27.7 Å². The zero-order valence-corrected chi connectivity index (χ0v) is 15.6. The maximum atomic E-state index is 12.1. The lowest BCUT2D eigenvalue weighted by Crippen LogP contribution is -2.27. The second kappa shape index (κ2) is 7.01. The monoisotopic (exact) mass is 410 g/mol. The number of rotatable bonds is 5. The summed E-state index contributed by atoms with van der Waals surface area (Å²) in [7, 11) is 3.58. The standard InChI is InChI=1S/C17H16BrClN2O3/c1-20(9-11-7-12(18)3-6-15(11)23-2)10-21-14-5-4-13(19)8-16(14)24-17(21)22/h3-8H,9-10H2,1-2H3. The van der Waals surface area contributed by atoms with Crippen molar-refractivity contribution in [1.29, 1.82) is 0 Å². The van der Waals surface area contributed by atoms with Gasteiger partial charge in [0.15, 0.2) is 5.58 Å². The third-order valence-electron chi connectivity index (χ3n) is 3.70. The maximum Gasteiger partial charge on any atom is 0.421 e. The Labute approximate surface area is 152 Å². The molecule has 126 valence electrons. The summed E-state index contributed by atoms with van der Waals surface area (Å²) in [5.41, 5.74) is 2.23. The molecule has 2 aromatic carbocycles. The van der Waals surface area contributed by atoms with Gasteiger partial charge in [-0.05, 0) is 37.4 Å². The highest BCUT2D eigenvalue weighted by Gasteiger charge is 2.13. The highest BCUT2D eigenvalue weighted by molar-refractivity contribution is 9.10. The molecule has 3 rings (SSSR count). The van der Waals surface area contributed by atoms with Crippen LogP contribution in [-0.2, 0) is 13.2 Å². The van der Waals surface area contributed by atoms with Gasteiger partial charge in [-0.3, -0.25) is 9.47 Å². The van der Waals surface area contributed by atoms with E-state index in [0.717, 1.165) is 21.3 Å². The highest BCUT2D eigenvalue weighted by atomic mass is 79.9. The van der Waals surface area contributed by atoms with E-state index in [1.807, 2.05) is 30.1 Å². The van der Waals surface area contributed by atoms with Gasteiger partial charge in [0.2, 0.25) is 0 Å². The molecule has 0 fully saturated rings. The first-order valence-electron chi connectivity index (χ1n) is 7.28. The predicted molar refractivity (Wildman–Crippen MR) is 97.6 cm³/mol. The van der Waals surface area contributed by atoms with Gasteiger partial charge in [-0.1, -0.05) is 27.5 Å². The number of hydrogen-bond acceptors (Lipinski definition) is 4. The Kier molecular flexibility index (Phi) is 4.99. The van der Waals surface area contributed by atoms with E-state index in [1.165, 1.54) is 0 Å². The molecule has 1 aromatic heterocycles. The SMILES string of the molecule is COc1ccc(Br)cc1CN(C)Cn1c(=O)oc2cc(Cl)ccc21. The molecule has 0 aliphatic heterocycles. The van der Waals surface area contributed by atoms with Gasteiger partial charge in [-0.25, -0.2) is 4.79 Å². The van der Waals surface area contributed by atoms with Crippen LogP contribution in [0.4, 0.5) is 0 Å². The fourth-order valence-corrected chi connectivity index (χ4v) is 3.20. The van der Waals surface area contributed by atoms with E-state index >= 15 is 0 Å². The van der Waals surface area contributed by atoms with Gasteiger partial charge in [0.05, 0.1) is 19.3 Å². The quantitative estimate of drug-likeness (QED) is 0.634. The fraction of sp³-hybridized carbons (Fsp3) is 0.235. The van der Waals surface area contributed by atoms with Gasteiger partial charge >= 0.3 is 5.76 Å². The second-order valence-electron chi connectivity index (χ2n) is 5.52. The molecule has 0 amide bonds. The van der Waals surface area contributed by atoms with Gasteiger partial charge in [0.1, 0.15) is 5.75 Å². The predicted octanol–water partition coefficient (Wildman–Crippen LogP) is 4.11. The average Bonchev–Trinajstić information content (AvgIpc) is 2.82. The molecule has 1 heterocycles. The van der Waals surface area contributed by atoms with E-state index in [0.29, 0.717) is 23.8 Å². The van der Waals surface area contributed by atoms with Crippen molar-refractivity contribution < 1.29 is 9.15 Å². The number of fused-ring (bicyclic) bond motifs is 1. The van der Waals surface area contributed by atoms with Crippen molar-refractivity contribution in [2.45, 2.75) is 13.2 Å². The Bertz CT molecular complexity index is 935. The van der Waals surface area contributed by atoms with Crippen LogP contribution in [0.1, 0.15) is 5.56 Å². The van der Waals surface area contributed by atoms with Gasteiger partial charge in [-0.15, -0.1) is 0 Å². The van der Waals surface area contributed by atoms with Crippen molar-refractivity contribution in [1.82, 2.24) is 9.47 Å². The normalized spacial score (nSPS) is 11.4. The van der Waals surface area contributed by atoms with Gasteiger partial charge in [-0.2, -0.15) is 0 Å². The Balaban J connectivity index is 1.86. The summed E-state index contributed by atoms with van der Waals surface area (Å²) >= 11 is 9.41. The number of oxazole rings is 1. The minimum Gasteiger partial charge on any atom is -0.496 e. The highest BCUT2D eigenvalue weighted by Crippen LogP contribution is 2.24. The van der Waals surface area contributed by atoms with Crippen molar-refractivity contribution in [3.8, 4) is 5.75 Å². The lowest BCUT2D eigenvalue weighted by atomic mass is 10.2. The Morgan fingerprint density at radius 2 is 2.08 bits per heavy atom. The van der Waals surface area contributed by atoms with Crippen molar-refractivity contribution in [2.75, 3.05) is 14.2 Å². The molecule has 7 heteroatoms. The van der Waals surface area contributed by atoms with Crippen molar-refractivity contribution in [3.63, 3.8) is 0 Å². The molecule has 0 aliphatic rings. The van der Waals surface area contributed by atoms with Crippen LogP contribution in [0.15, 0.2) is 50.1 Å². The van der Waals surface area contributed by atoms with Gasteiger partial charge in [0.25, 0.3) is 0 Å². The maximum absolute atomic E-state index is 12.1. The molecule has 0 saturated heterocycles. The molecule has 0 bridgehead atoms. The third kappa shape index (κ3) is 3.50. The summed E-state index contributed by atoms with van der Waals surface area (Å²) in [4.78, 5) is 14.1. The molecule has 0 saturated carbocycles. The van der Waals surface area contributed by atoms with Crippen molar-refractivity contribution >= 4 is 38.6 Å². The van der Waals surface area contributed by atoms with Crippen LogP contribution in [0.25, 0.3) is 11.1 Å². The minimum absolute atomic E-state index is 0.392. The summed E-state index contributed by atoms with van der Waals surface area (Å²) in [6.45, 7) is 1.01. The van der Waals surface area contributed by atoms with Crippen LogP contribution in [0.2, 0.25) is 5.02 Å². The number of nitrogens with zero attached hydrogens (tertiary/aromatic N) is 2. The molecule has 0 unspecified atom stereocenters. The Morgan fingerprint density at radius 1 is 1.29 bits per heavy atom. The summed E-state index contributed by atoms with van der Waals surface area (Å²) in [6, 6.07) is 11.0. The number of aromatic nitrogens is 1. The summed E-state index contributed by atoms with van der Waals surface area (Å²) < 4.78 is 13.2. The summed E-state index contributed by atoms with van der Waals surface area (Å²) in [5, 5.41) is 0.538. The first kappa shape index (κ1) is 17.1. The lowest BCUT2D eigenvalue weighted by molar-refractivity contribution is 0.249. The van der Waals surface area contributed by atoms with Crippen LogP contribution >= 0.6 is 27.5 Å². The second-order valence-corrected chi connectivity index (χ2v) is 6.87. The van der Waals surface area contributed by atoms with Crippen LogP contribution in [0.3, 0.4) is 0 Å². The topological polar surface area (TPSA) is 47.6 Å². The van der Waals surface area contributed by atoms with Crippen LogP contribution in [-0.4, -0.2) is 23.6 Å². The largest absolute Gasteiger partial charge is 0.496 e. The zero-order chi connectivity index (χ0) is 17.3. The number of methoxy groups -OCH3 is 1. The molecule has 0 N–H and O–H groups in total. The number of benzene rings is 2. The molecule has 5 nitrogen and oxygen atoms in total. The molecule has 0 radical (unpaired) electrons. The number of halogens is 2. The average molecular weight is 412 g/mol. The molecule has 3 aromatic rings. The van der Waals surface area contributed by atoms with E-state index in [9.17, 15) is 4.79 Å². The lowest BCUT2D eigenvalue weighted by Gasteiger charge is -2.19. The minimum atomic E-state index is -0.402. The van der Waals surface area contributed by atoms with Crippen LogP contribution in [0.5, 0.6) is 5.75 Å². The zero-order valence-electron chi connectivity index (χ0n) is 13.3. The number of hydrogen-bond donors (Lipinski definition) is 0. The van der Waals surface area contributed by atoms with E-state index in [4.69, 9.17) is 20.8 Å². The molecule has 0 aliphatic carbocycles. The summed E-state index contributed by atoms with van der Waals surface area (Å²) in [5.74, 6) is 0.404. The molecule has 0 spiro atoms. The fourth-order valence-electron chi connectivity index (χ4n) is 2.63. The Morgan fingerprint density at radius 3 is 2.83 bits per heavy atom. The van der Waals surface area contributed by atoms with Crippen molar-refractivity contribution in [3.05, 3.63) is 62.0 Å². The molecular formula is C17H16BrClN2O3. The third-order valence-corrected chi connectivity index (χ3v) is 4.42. The van der Waals surface area contributed by atoms with Gasteiger partial charge < -0.3 is 9.15 Å². The molecule has 24 heavy (non-hydrogen) atoms.